The van der Waals surface area contributed by atoms with E-state index in [9.17, 15) is 8.78 Å². The summed E-state index contributed by atoms with van der Waals surface area (Å²) in [6.45, 7) is 6.27. The molecule has 10 heteroatoms. The number of anilines is 2. The lowest BCUT2D eigenvalue weighted by Crippen LogP contribution is -2.56. The maximum Gasteiger partial charge on any atom is 0.214 e. The monoisotopic (exact) mass is 504 g/mol. The number of nitrogens with one attached hydrogen (secondary N) is 1. The van der Waals surface area contributed by atoms with Crippen molar-refractivity contribution in [3.63, 3.8) is 0 Å². The van der Waals surface area contributed by atoms with Crippen molar-refractivity contribution in [3.05, 3.63) is 46.1 Å². The average Bonchev–Trinajstić information content (AvgIpc) is 2.74. The number of hydrogen-bond donors (Lipinski definition) is 1. The molecular weight excluding hydrogens is 480 g/mol. The van der Waals surface area contributed by atoms with Crippen LogP contribution in [0.4, 0.5) is 24.7 Å². The van der Waals surface area contributed by atoms with Crippen LogP contribution < -0.4 is 9.62 Å². The normalized spacial score (nSPS) is 19.1. The van der Waals surface area contributed by atoms with Crippen molar-refractivity contribution in [1.29, 1.82) is 0 Å². The third-order valence-corrected chi connectivity index (χ3v) is 7.79. The molecule has 4 rings (SSSR count). The summed E-state index contributed by atoms with van der Waals surface area (Å²) < 4.78 is 44.4. The van der Waals surface area contributed by atoms with Crippen LogP contribution >= 0.6 is 35.1 Å². The number of pyridine rings is 1. The molecule has 0 spiro atoms. The van der Waals surface area contributed by atoms with Crippen LogP contribution in [-0.2, 0) is 0 Å². The van der Waals surface area contributed by atoms with Gasteiger partial charge < -0.3 is 14.5 Å². The number of benzene rings is 1. The van der Waals surface area contributed by atoms with E-state index in [-0.39, 0.29) is 26.2 Å². The molecule has 0 saturated carbocycles. The van der Waals surface area contributed by atoms with E-state index in [0.29, 0.717) is 18.5 Å². The Balaban J connectivity index is 1.36. The van der Waals surface area contributed by atoms with Gasteiger partial charge >= 0.3 is 0 Å². The van der Waals surface area contributed by atoms with E-state index in [1.807, 2.05) is 4.90 Å². The number of piperidine rings is 1. The van der Waals surface area contributed by atoms with E-state index in [0.717, 1.165) is 51.1 Å². The van der Waals surface area contributed by atoms with Gasteiger partial charge in [0.2, 0.25) is 5.95 Å². The largest absolute Gasteiger partial charge is 0.369 e. The number of hydrogen-bond acceptors (Lipinski definition) is 5. The van der Waals surface area contributed by atoms with Crippen molar-refractivity contribution in [2.45, 2.75) is 37.3 Å². The minimum atomic E-state index is -0.663. The smallest absolute Gasteiger partial charge is 0.214 e. The van der Waals surface area contributed by atoms with Crippen LogP contribution in [0.1, 0.15) is 26.2 Å². The molecule has 4 nitrogen and oxygen atoms in total. The summed E-state index contributed by atoms with van der Waals surface area (Å²) in [7, 11) is 0. The van der Waals surface area contributed by atoms with Crippen molar-refractivity contribution in [2.75, 3.05) is 42.3 Å². The van der Waals surface area contributed by atoms with Crippen LogP contribution in [0.5, 0.6) is 0 Å². The Hall–Kier alpha value is -1.35. The van der Waals surface area contributed by atoms with Gasteiger partial charge in [-0.2, -0.15) is 4.39 Å². The molecule has 2 fully saturated rings. The predicted octanol–water partition coefficient (Wildman–Crippen LogP) is 6.44. The second-order valence-electron chi connectivity index (χ2n) is 8.82. The summed E-state index contributed by atoms with van der Waals surface area (Å²) in [6.07, 6.45) is 1.56. The lowest BCUT2D eigenvalue weighted by atomic mass is 9.78. The Morgan fingerprint density at radius 2 is 1.94 bits per heavy atom. The van der Waals surface area contributed by atoms with Gasteiger partial charge in [-0.3, -0.25) is 0 Å². The van der Waals surface area contributed by atoms with Gasteiger partial charge in [0, 0.05) is 31.6 Å². The molecule has 2 aromatic rings. The first-order chi connectivity index (χ1) is 15.2. The molecule has 0 radical (unpaired) electrons. The Bertz CT molecular complexity index is 966. The number of halogens is 5. The summed E-state index contributed by atoms with van der Waals surface area (Å²) in [6, 6.07) is 5.96. The first-order valence-electron chi connectivity index (χ1n) is 10.6. The first kappa shape index (κ1) is 23.8. The number of alkyl halides is 1. The minimum Gasteiger partial charge on any atom is -0.369 e. The van der Waals surface area contributed by atoms with E-state index in [1.165, 1.54) is 12.1 Å². The van der Waals surface area contributed by atoms with Crippen molar-refractivity contribution < 1.29 is 13.2 Å². The van der Waals surface area contributed by atoms with Gasteiger partial charge in [0.1, 0.15) is 17.0 Å². The van der Waals surface area contributed by atoms with Crippen LogP contribution in [0.15, 0.2) is 29.2 Å². The molecule has 3 heterocycles. The summed E-state index contributed by atoms with van der Waals surface area (Å²) >= 11 is 13.6. The lowest BCUT2D eigenvalue weighted by molar-refractivity contribution is 0.121. The third-order valence-electron chi connectivity index (χ3n) is 6.10. The van der Waals surface area contributed by atoms with Crippen LogP contribution in [0.2, 0.25) is 10.0 Å². The molecule has 0 unspecified atom stereocenters. The highest BCUT2D eigenvalue weighted by molar-refractivity contribution is 8.00. The van der Waals surface area contributed by atoms with Gasteiger partial charge in [0.25, 0.3) is 0 Å². The molecule has 0 bridgehead atoms. The van der Waals surface area contributed by atoms with Crippen LogP contribution in [0, 0.1) is 17.2 Å². The fraction of sp³-hybridized carbons (Fsp3) is 0.500. The molecule has 1 N–H and O–H groups in total. The highest BCUT2D eigenvalue weighted by Gasteiger charge is 2.40. The van der Waals surface area contributed by atoms with E-state index in [4.69, 9.17) is 23.2 Å². The van der Waals surface area contributed by atoms with Crippen LogP contribution in [-0.4, -0.2) is 48.8 Å². The Morgan fingerprint density at radius 3 is 2.62 bits per heavy atom. The average molecular weight is 505 g/mol. The van der Waals surface area contributed by atoms with E-state index < -0.39 is 17.9 Å². The maximum atomic E-state index is 15.0. The minimum absolute atomic E-state index is 0.0120. The summed E-state index contributed by atoms with van der Waals surface area (Å²) in [5, 5.41) is 0.233. The molecular formula is C22H25Cl2F3N4S. The van der Waals surface area contributed by atoms with Crippen molar-refractivity contribution >= 4 is 46.7 Å². The second kappa shape index (κ2) is 9.87. The molecule has 2 saturated heterocycles. The zero-order valence-electron chi connectivity index (χ0n) is 17.7. The van der Waals surface area contributed by atoms with E-state index in [2.05, 4.69) is 21.5 Å². The molecule has 0 amide bonds. The zero-order chi connectivity index (χ0) is 22.9. The van der Waals surface area contributed by atoms with Crippen molar-refractivity contribution in [3.8, 4) is 0 Å². The highest BCUT2D eigenvalue weighted by atomic mass is 35.5. The quantitative estimate of drug-likeness (QED) is 0.266. The SMILES string of the molecule is CC1(CCN2CCC(F)CC2)CN(c2cc(Cl)c(SNc3cccc(F)n3)c(F)c2Cl)C1. The molecule has 1 aromatic heterocycles. The predicted molar refractivity (Wildman–Crippen MR) is 126 cm³/mol. The number of nitrogens with zero attached hydrogens (tertiary/aromatic N) is 3. The Kier molecular flexibility index (Phi) is 7.34. The van der Waals surface area contributed by atoms with E-state index >= 15 is 4.39 Å². The number of likely N-dealkylation sites (tertiary alicyclic amines) is 1. The van der Waals surface area contributed by atoms with Crippen LogP contribution in [0.3, 0.4) is 0 Å². The molecule has 2 aliphatic heterocycles. The fourth-order valence-electron chi connectivity index (χ4n) is 4.21. The van der Waals surface area contributed by atoms with Crippen LogP contribution in [0.25, 0.3) is 0 Å². The Morgan fingerprint density at radius 1 is 1.22 bits per heavy atom. The molecule has 0 atom stereocenters. The molecule has 174 valence electrons. The van der Waals surface area contributed by atoms with Gasteiger partial charge in [-0.15, -0.1) is 0 Å². The molecule has 32 heavy (non-hydrogen) atoms. The maximum absolute atomic E-state index is 15.0. The standard InChI is InChI=1S/C22H25Cl2F3N4S/c1-22(7-10-30-8-5-14(25)6-9-30)12-31(13-22)16-11-15(23)21(20(27)19(16)24)32-29-18-4-2-3-17(26)28-18/h2-4,11,14H,5-10,12-13H2,1H3,(H,28,29). The second-order valence-corrected chi connectivity index (χ2v) is 10.4. The van der Waals surface area contributed by atoms with Gasteiger partial charge in [-0.05, 0) is 56.0 Å². The number of rotatable bonds is 7. The van der Waals surface area contributed by atoms with Gasteiger partial charge in [0.15, 0.2) is 5.82 Å². The fourth-order valence-corrected chi connectivity index (χ4v) is 5.51. The summed E-state index contributed by atoms with van der Waals surface area (Å²) in [5.74, 6) is -1.01. The molecule has 1 aromatic carbocycles. The topological polar surface area (TPSA) is 31.4 Å². The summed E-state index contributed by atoms with van der Waals surface area (Å²) in [4.78, 5) is 8.16. The summed E-state index contributed by atoms with van der Waals surface area (Å²) in [5.41, 5.74) is 0.662. The van der Waals surface area contributed by atoms with Crippen molar-refractivity contribution in [2.24, 2.45) is 5.41 Å². The molecule has 0 aliphatic carbocycles. The van der Waals surface area contributed by atoms with Gasteiger partial charge in [0.05, 0.1) is 15.6 Å². The third kappa shape index (κ3) is 5.41. The van der Waals surface area contributed by atoms with Gasteiger partial charge in [-0.25, -0.2) is 13.8 Å². The first-order valence-corrected chi connectivity index (χ1v) is 12.2. The zero-order valence-corrected chi connectivity index (χ0v) is 20.0. The highest BCUT2D eigenvalue weighted by Crippen LogP contribution is 2.45. The Labute approximate surface area is 200 Å². The van der Waals surface area contributed by atoms with Gasteiger partial charge in [-0.1, -0.05) is 36.2 Å². The molecule has 2 aliphatic rings. The lowest BCUT2D eigenvalue weighted by Gasteiger charge is -2.50. The number of aromatic nitrogens is 1. The van der Waals surface area contributed by atoms with Crippen molar-refractivity contribution in [1.82, 2.24) is 9.88 Å². The van der Waals surface area contributed by atoms with E-state index in [1.54, 1.807) is 12.1 Å².